The summed E-state index contributed by atoms with van der Waals surface area (Å²) in [5.74, 6) is 1.26. The number of hydrogen-bond acceptors (Lipinski definition) is 6. The van der Waals surface area contributed by atoms with Gasteiger partial charge >= 0.3 is 0 Å². The van der Waals surface area contributed by atoms with Crippen molar-refractivity contribution in [1.29, 1.82) is 0 Å². The summed E-state index contributed by atoms with van der Waals surface area (Å²) in [6.45, 7) is 1.10. The Labute approximate surface area is 196 Å². The summed E-state index contributed by atoms with van der Waals surface area (Å²) < 4.78 is 15.3. The average molecular weight is 459 g/mol. The second-order valence-corrected chi connectivity index (χ2v) is 8.17. The molecule has 0 unspecified atom stereocenters. The number of aliphatic hydroxyl groups excluding tert-OH is 2. The lowest BCUT2D eigenvalue weighted by Gasteiger charge is -2.15. The molecule has 0 spiro atoms. The lowest BCUT2D eigenvalue weighted by atomic mass is 10.3. The van der Waals surface area contributed by atoms with Gasteiger partial charge in [0.2, 0.25) is 0 Å². The summed E-state index contributed by atoms with van der Waals surface area (Å²) in [6, 6.07) is 22.7. The van der Waals surface area contributed by atoms with Gasteiger partial charge < -0.3 is 28.8 Å². The molecule has 0 bridgehead atoms. The van der Waals surface area contributed by atoms with Crippen LogP contribution in [0, 0.1) is 0 Å². The molecule has 8 nitrogen and oxygen atoms in total. The second-order valence-electron chi connectivity index (χ2n) is 8.17. The molecule has 0 radical (unpaired) electrons. The van der Waals surface area contributed by atoms with Crippen LogP contribution in [0.4, 0.5) is 0 Å². The Balaban J connectivity index is 1.08. The molecule has 34 heavy (non-hydrogen) atoms. The van der Waals surface area contributed by atoms with Gasteiger partial charge in [-0.2, -0.15) is 0 Å². The van der Waals surface area contributed by atoms with E-state index in [2.05, 4.69) is 9.97 Å². The number of rotatable bonds is 10. The van der Waals surface area contributed by atoms with Crippen molar-refractivity contribution in [1.82, 2.24) is 19.1 Å². The Bertz CT molecular complexity index is 1260. The van der Waals surface area contributed by atoms with Crippen LogP contribution < -0.4 is 9.47 Å². The molecule has 0 amide bonds. The Morgan fingerprint density at radius 1 is 0.618 bits per heavy atom. The molecule has 5 aromatic rings. The molecule has 0 aliphatic carbocycles. The Morgan fingerprint density at radius 2 is 1.03 bits per heavy atom. The maximum absolute atomic E-state index is 10.4. The fourth-order valence-corrected chi connectivity index (χ4v) is 3.89. The van der Waals surface area contributed by atoms with Gasteiger partial charge in [-0.3, -0.25) is 0 Å². The van der Waals surface area contributed by atoms with Gasteiger partial charge in [0.25, 0.3) is 0 Å². The molecule has 2 aromatic heterocycles. The number of fused-ring (bicyclic) bond motifs is 2. The molecule has 0 aliphatic rings. The maximum Gasteiger partial charge on any atom is 0.119 e. The zero-order valence-corrected chi connectivity index (χ0v) is 18.6. The molecule has 0 saturated carbocycles. The van der Waals surface area contributed by atoms with Crippen LogP contribution in [0.25, 0.3) is 22.1 Å². The zero-order chi connectivity index (χ0) is 23.3. The smallest absolute Gasteiger partial charge is 0.119 e. The molecule has 2 atom stereocenters. The van der Waals surface area contributed by atoms with Crippen molar-refractivity contribution >= 4 is 22.1 Å². The van der Waals surface area contributed by atoms with Gasteiger partial charge in [-0.05, 0) is 48.5 Å². The van der Waals surface area contributed by atoms with Gasteiger partial charge in [-0.25, -0.2) is 9.97 Å². The van der Waals surface area contributed by atoms with E-state index in [0.717, 1.165) is 22.1 Å². The largest absolute Gasteiger partial charge is 0.491 e. The van der Waals surface area contributed by atoms with Crippen molar-refractivity contribution < 1.29 is 19.7 Å². The number of ether oxygens (including phenoxy) is 2. The molecular formula is C26H26N4O4. The fraction of sp³-hybridized carbons (Fsp3) is 0.231. The van der Waals surface area contributed by atoms with Crippen LogP contribution in [0.1, 0.15) is 0 Å². The van der Waals surface area contributed by atoms with Crippen LogP contribution in [0.2, 0.25) is 0 Å². The number of para-hydroxylation sites is 4. The number of benzene rings is 3. The first kappa shape index (κ1) is 21.9. The molecule has 0 aliphatic heterocycles. The van der Waals surface area contributed by atoms with E-state index < -0.39 is 12.2 Å². The minimum absolute atomic E-state index is 0.157. The van der Waals surface area contributed by atoms with Gasteiger partial charge in [0.15, 0.2) is 0 Å². The van der Waals surface area contributed by atoms with E-state index >= 15 is 0 Å². The van der Waals surface area contributed by atoms with Crippen molar-refractivity contribution in [2.75, 3.05) is 13.2 Å². The first-order valence-corrected chi connectivity index (χ1v) is 11.2. The van der Waals surface area contributed by atoms with Crippen molar-refractivity contribution in [2.45, 2.75) is 25.3 Å². The molecule has 8 heteroatoms. The molecule has 2 N–H and O–H groups in total. The third kappa shape index (κ3) is 5.03. The van der Waals surface area contributed by atoms with Gasteiger partial charge in [0.05, 0.1) is 47.8 Å². The van der Waals surface area contributed by atoms with Crippen molar-refractivity contribution in [3.8, 4) is 11.5 Å². The fourth-order valence-electron chi connectivity index (χ4n) is 3.89. The first-order chi connectivity index (χ1) is 16.7. The highest BCUT2D eigenvalue weighted by Crippen LogP contribution is 2.19. The highest BCUT2D eigenvalue weighted by molar-refractivity contribution is 5.75. The number of aliphatic hydroxyl groups is 2. The van der Waals surface area contributed by atoms with Crippen LogP contribution in [0.3, 0.4) is 0 Å². The predicted octanol–water partition coefficient (Wildman–Crippen LogP) is 3.27. The molecule has 0 saturated heterocycles. The first-order valence-electron chi connectivity index (χ1n) is 11.2. The summed E-state index contributed by atoms with van der Waals surface area (Å²) in [7, 11) is 0. The quantitative estimate of drug-likeness (QED) is 0.334. The number of imidazole rings is 2. The molecule has 2 heterocycles. The van der Waals surface area contributed by atoms with Crippen molar-refractivity contribution in [3.63, 3.8) is 0 Å². The van der Waals surface area contributed by atoms with Gasteiger partial charge in [0, 0.05) is 0 Å². The predicted molar refractivity (Wildman–Crippen MR) is 129 cm³/mol. The van der Waals surface area contributed by atoms with Crippen LogP contribution in [-0.4, -0.2) is 54.7 Å². The summed E-state index contributed by atoms with van der Waals surface area (Å²) >= 11 is 0. The average Bonchev–Trinajstić information content (AvgIpc) is 3.46. The second kappa shape index (κ2) is 9.94. The van der Waals surface area contributed by atoms with Crippen LogP contribution in [0.5, 0.6) is 11.5 Å². The molecule has 0 fully saturated rings. The van der Waals surface area contributed by atoms with Gasteiger partial charge in [0.1, 0.15) is 36.9 Å². The topological polar surface area (TPSA) is 94.6 Å². The Kier molecular flexibility index (Phi) is 6.42. The lowest BCUT2D eigenvalue weighted by molar-refractivity contribution is 0.0916. The van der Waals surface area contributed by atoms with Gasteiger partial charge in [-0.1, -0.05) is 24.3 Å². The summed E-state index contributed by atoms with van der Waals surface area (Å²) in [5.41, 5.74) is 3.75. The third-order valence-electron chi connectivity index (χ3n) is 5.58. The van der Waals surface area contributed by atoms with E-state index in [9.17, 15) is 10.2 Å². The monoisotopic (exact) mass is 458 g/mol. The minimum atomic E-state index is -0.678. The molecule has 3 aromatic carbocycles. The van der Waals surface area contributed by atoms with Crippen molar-refractivity contribution in [3.05, 3.63) is 85.5 Å². The SMILES string of the molecule is O[C@H](COc1ccc(OC[C@@H](O)Cn2cnc3ccccc32)cc1)Cn1cnc2ccccc21. The normalized spacial score (nSPS) is 13.2. The number of nitrogens with zero attached hydrogens (tertiary/aromatic N) is 4. The lowest BCUT2D eigenvalue weighted by Crippen LogP contribution is -2.23. The number of hydrogen-bond donors (Lipinski definition) is 2. The van der Waals surface area contributed by atoms with E-state index in [1.54, 1.807) is 36.9 Å². The summed E-state index contributed by atoms with van der Waals surface area (Å²) in [6.07, 6.45) is 2.10. The minimum Gasteiger partial charge on any atom is -0.491 e. The highest BCUT2D eigenvalue weighted by Gasteiger charge is 2.11. The van der Waals surface area contributed by atoms with Crippen LogP contribution >= 0.6 is 0 Å². The third-order valence-corrected chi connectivity index (χ3v) is 5.58. The van der Waals surface area contributed by atoms with Crippen LogP contribution in [0.15, 0.2) is 85.5 Å². The summed E-state index contributed by atoms with van der Waals surface area (Å²) in [4.78, 5) is 8.68. The Hall–Kier alpha value is -3.88. The van der Waals surface area contributed by atoms with Crippen LogP contribution in [-0.2, 0) is 13.1 Å². The van der Waals surface area contributed by atoms with E-state index in [-0.39, 0.29) is 13.2 Å². The van der Waals surface area contributed by atoms with E-state index in [4.69, 9.17) is 9.47 Å². The van der Waals surface area contributed by atoms with E-state index in [1.807, 2.05) is 57.7 Å². The Morgan fingerprint density at radius 3 is 1.47 bits per heavy atom. The number of aromatic nitrogens is 4. The van der Waals surface area contributed by atoms with Gasteiger partial charge in [-0.15, -0.1) is 0 Å². The molecule has 5 rings (SSSR count). The van der Waals surface area contributed by atoms with E-state index in [0.29, 0.717) is 24.6 Å². The van der Waals surface area contributed by atoms with E-state index in [1.165, 1.54) is 0 Å². The molecular weight excluding hydrogens is 432 g/mol. The summed E-state index contributed by atoms with van der Waals surface area (Å²) in [5, 5.41) is 20.8. The van der Waals surface area contributed by atoms with Crippen molar-refractivity contribution in [2.24, 2.45) is 0 Å². The standard InChI is InChI=1S/C26H26N4O4/c31-19(13-29-17-27-23-5-1-3-7-25(23)29)15-33-21-9-11-22(12-10-21)34-16-20(32)14-30-18-28-24-6-2-4-8-26(24)30/h1-12,17-20,31-32H,13-16H2/t19-,20-/m0/s1. The molecule has 174 valence electrons. The zero-order valence-electron chi connectivity index (χ0n) is 18.6. The highest BCUT2D eigenvalue weighted by atomic mass is 16.5. The maximum atomic E-state index is 10.4.